The summed E-state index contributed by atoms with van der Waals surface area (Å²) in [5, 5.41) is 13.6. The van der Waals surface area contributed by atoms with E-state index in [2.05, 4.69) is 27.9 Å². The van der Waals surface area contributed by atoms with Gasteiger partial charge in [0.15, 0.2) is 0 Å². The van der Waals surface area contributed by atoms with Gasteiger partial charge in [0.25, 0.3) is 0 Å². The van der Waals surface area contributed by atoms with Crippen molar-refractivity contribution >= 4 is 11.7 Å². The number of aromatic nitrogens is 3. The van der Waals surface area contributed by atoms with Crippen LogP contribution in [0.1, 0.15) is 26.2 Å². The van der Waals surface area contributed by atoms with Crippen molar-refractivity contribution in [3.05, 3.63) is 36.7 Å². The monoisotopic (exact) mass is 315 g/mol. The predicted octanol–water partition coefficient (Wildman–Crippen LogP) is 2.35. The summed E-state index contributed by atoms with van der Waals surface area (Å²) in [5.74, 6) is 0. The fourth-order valence-corrected chi connectivity index (χ4v) is 2.79. The number of hydrogen-bond acceptors (Lipinski definition) is 4. The molecule has 7 nitrogen and oxygen atoms in total. The van der Waals surface area contributed by atoms with Gasteiger partial charge in [-0.15, -0.1) is 5.10 Å². The number of hydrogen-bond donors (Lipinski definition) is 2. The number of nitrogens with zero attached hydrogens (tertiary/aromatic N) is 3. The zero-order chi connectivity index (χ0) is 16.1. The Morgan fingerprint density at radius 2 is 2.43 bits per heavy atom. The van der Waals surface area contributed by atoms with Crippen LogP contribution in [0.15, 0.2) is 36.7 Å². The quantitative estimate of drug-likeness (QED) is 0.887. The molecule has 0 saturated carbocycles. The molecule has 0 bridgehead atoms. The van der Waals surface area contributed by atoms with Crippen LogP contribution >= 0.6 is 0 Å². The molecule has 1 aromatic heterocycles. The highest BCUT2D eigenvalue weighted by Gasteiger charge is 2.25. The molecular formula is C16H21N5O2. The Balaban J connectivity index is 1.62. The maximum Gasteiger partial charge on any atom is 0.319 e. The molecular weight excluding hydrogens is 294 g/mol. The van der Waals surface area contributed by atoms with Gasteiger partial charge in [-0.3, -0.25) is 0 Å². The molecule has 2 N–H and O–H groups in total. The molecule has 1 fully saturated rings. The topological polar surface area (TPSA) is 81.1 Å². The van der Waals surface area contributed by atoms with Crippen LogP contribution in [0.4, 0.5) is 10.5 Å². The maximum absolute atomic E-state index is 12.2. The highest BCUT2D eigenvalue weighted by molar-refractivity contribution is 5.89. The van der Waals surface area contributed by atoms with E-state index in [9.17, 15) is 4.79 Å². The lowest BCUT2D eigenvalue weighted by Gasteiger charge is -2.23. The van der Waals surface area contributed by atoms with Crippen molar-refractivity contribution < 1.29 is 9.53 Å². The van der Waals surface area contributed by atoms with Crippen molar-refractivity contribution in [2.24, 2.45) is 0 Å². The van der Waals surface area contributed by atoms with Gasteiger partial charge in [0.2, 0.25) is 0 Å². The third kappa shape index (κ3) is 3.87. The molecule has 1 aliphatic rings. The minimum Gasteiger partial charge on any atom is -0.376 e. The summed E-state index contributed by atoms with van der Waals surface area (Å²) in [7, 11) is 0. The molecule has 2 heterocycles. The molecule has 1 saturated heterocycles. The Bertz CT molecular complexity index is 638. The zero-order valence-corrected chi connectivity index (χ0v) is 13.1. The van der Waals surface area contributed by atoms with Crippen molar-refractivity contribution in [3.63, 3.8) is 0 Å². The lowest BCUT2D eigenvalue weighted by molar-refractivity contribution is 0.0804. The van der Waals surface area contributed by atoms with Crippen LogP contribution in [0, 0.1) is 0 Å². The molecule has 122 valence electrons. The molecule has 23 heavy (non-hydrogen) atoms. The second-order valence-electron chi connectivity index (χ2n) is 5.56. The summed E-state index contributed by atoms with van der Waals surface area (Å²) < 4.78 is 7.31. The van der Waals surface area contributed by atoms with Gasteiger partial charge in [-0.05, 0) is 37.5 Å². The van der Waals surface area contributed by atoms with Crippen molar-refractivity contribution in [2.45, 2.75) is 38.3 Å². The van der Waals surface area contributed by atoms with Crippen LogP contribution in [0.2, 0.25) is 0 Å². The van der Waals surface area contributed by atoms with E-state index in [0.717, 1.165) is 31.6 Å². The highest BCUT2D eigenvalue weighted by Crippen LogP contribution is 2.18. The number of rotatable bonds is 5. The first kappa shape index (κ1) is 15.5. The average Bonchev–Trinajstić information content (AvgIpc) is 3.26. The first-order valence-corrected chi connectivity index (χ1v) is 7.92. The SMILES string of the molecule is CC[C@@H](NC(=O)Nc1cccc(-n2ccnn2)c1)[C@H]1CCCO1. The smallest absolute Gasteiger partial charge is 0.319 e. The van der Waals surface area contributed by atoms with Gasteiger partial charge in [-0.1, -0.05) is 18.2 Å². The van der Waals surface area contributed by atoms with Gasteiger partial charge in [0, 0.05) is 12.3 Å². The molecule has 1 aromatic carbocycles. The van der Waals surface area contributed by atoms with E-state index >= 15 is 0 Å². The fourth-order valence-electron chi connectivity index (χ4n) is 2.79. The number of amides is 2. The molecule has 2 aromatic rings. The summed E-state index contributed by atoms with van der Waals surface area (Å²) in [4.78, 5) is 12.2. The average molecular weight is 315 g/mol. The number of nitrogens with one attached hydrogen (secondary N) is 2. The number of benzene rings is 1. The van der Waals surface area contributed by atoms with Crippen LogP contribution < -0.4 is 10.6 Å². The van der Waals surface area contributed by atoms with E-state index in [4.69, 9.17) is 4.74 Å². The van der Waals surface area contributed by atoms with Gasteiger partial charge in [0.05, 0.1) is 30.2 Å². The number of ether oxygens (including phenoxy) is 1. The minimum absolute atomic E-state index is 0.0380. The van der Waals surface area contributed by atoms with Crippen molar-refractivity contribution in [3.8, 4) is 5.69 Å². The van der Waals surface area contributed by atoms with E-state index in [1.807, 2.05) is 24.3 Å². The van der Waals surface area contributed by atoms with E-state index in [0.29, 0.717) is 5.69 Å². The second-order valence-corrected chi connectivity index (χ2v) is 5.56. The molecule has 0 unspecified atom stereocenters. The van der Waals surface area contributed by atoms with E-state index in [1.54, 1.807) is 17.1 Å². The van der Waals surface area contributed by atoms with Gasteiger partial charge < -0.3 is 15.4 Å². The molecule has 0 spiro atoms. The largest absolute Gasteiger partial charge is 0.376 e. The Morgan fingerprint density at radius 3 is 3.13 bits per heavy atom. The molecule has 2 atom stereocenters. The van der Waals surface area contributed by atoms with E-state index < -0.39 is 0 Å². The van der Waals surface area contributed by atoms with Crippen molar-refractivity contribution in [1.82, 2.24) is 20.3 Å². The van der Waals surface area contributed by atoms with Gasteiger partial charge in [-0.2, -0.15) is 0 Å². The Hall–Kier alpha value is -2.41. The van der Waals surface area contributed by atoms with Crippen LogP contribution in [0.25, 0.3) is 5.69 Å². The van der Waals surface area contributed by atoms with Crippen LogP contribution in [0.5, 0.6) is 0 Å². The third-order valence-corrected chi connectivity index (χ3v) is 3.96. The van der Waals surface area contributed by atoms with Gasteiger partial charge in [-0.25, -0.2) is 9.48 Å². The number of urea groups is 1. The number of anilines is 1. The number of carbonyl (C=O) groups is 1. The fraction of sp³-hybridized carbons (Fsp3) is 0.438. The molecule has 3 rings (SSSR count). The summed E-state index contributed by atoms with van der Waals surface area (Å²) >= 11 is 0. The minimum atomic E-state index is -0.219. The van der Waals surface area contributed by atoms with Gasteiger partial charge >= 0.3 is 6.03 Å². The standard InChI is InChI=1S/C16H21N5O2/c1-2-14(15-7-4-10-23-15)19-16(22)18-12-5-3-6-13(11-12)21-9-8-17-20-21/h3,5-6,8-9,11,14-15H,2,4,7,10H2,1H3,(H2,18,19,22)/t14-,15-/m1/s1. The summed E-state index contributed by atoms with van der Waals surface area (Å²) in [6.07, 6.45) is 6.39. The van der Waals surface area contributed by atoms with Crippen molar-refractivity contribution in [2.75, 3.05) is 11.9 Å². The first-order chi connectivity index (χ1) is 11.3. The third-order valence-electron chi connectivity index (χ3n) is 3.96. The predicted molar refractivity (Wildman–Crippen MR) is 86.6 cm³/mol. The molecule has 2 amide bonds. The highest BCUT2D eigenvalue weighted by atomic mass is 16.5. The zero-order valence-electron chi connectivity index (χ0n) is 13.1. The molecule has 1 aliphatic heterocycles. The Morgan fingerprint density at radius 1 is 1.52 bits per heavy atom. The van der Waals surface area contributed by atoms with E-state index in [1.165, 1.54) is 0 Å². The molecule has 0 aliphatic carbocycles. The first-order valence-electron chi connectivity index (χ1n) is 7.92. The summed E-state index contributed by atoms with van der Waals surface area (Å²) in [5.41, 5.74) is 1.55. The van der Waals surface area contributed by atoms with Gasteiger partial charge in [0.1, 0.15) is 0 Å². The summed E-state index contributed by atoms with van der Waals surface area (Å²) in [6.45, 7) is 2.84. The maximum atomic E-state index is 12.2. The lowest BCUT2D eigenvalue weighted by Crippen LogP contribution is -2.44. The van der Waals surface area contributed by atoms with E-state index in [-0.39, 0.29) is 18.2 Å². The lowest BCUT2D eigenvalue weighted by atomic mass is 10.1. The Labute approximate surface area is 135 Å². The Kier molecular flexibility index (Phi) is 4.87. The second kappa shape index (κ2) is 7.23. The summed E-state index contributed by atoms with van der Waals surface area (Å²) in [6, 6.07) is 7.27. The van der Waals surface area contributed by atoms with Crippen LogP contribution in [0.3, 0.4) is 0 Å². The van der Waals surface area contributed by atoms with Crippen LogP contribution in [-0.4, -0.2) is 39.8 Å². The molecule has 0 radical (unpaired) electrons. The van der Waals surface area contributed by atoms with Crippen LogP contribution in [-0.2, 0) is 4.74 Å². The normalized spacial score (nSPS) is 18.6. The molecule has 7 heteroatoms. The van der Waals surface area contributed by atoms with Crippen molar-refractivity contribution in [1.29, 1.82) is 0 Å². The number of carbonyl (C=O) groups excluding carboxylic acids is 1.